The van der Waals surface area contributed by atoms with E-state index in [-0.39, 0.29) is 11.5 Å². The molecule has 0 aliphatic rings. The topological polar surface area (TPSA) is 89.8 Å². The van der Waals surface area contributed by atoms with Crippen LogP contribution in [-0.4, -0.2) is 25.9 Å². The van der Waals surface area contributed by atoms with Gasteiger partial charge in [0.2, 0.25) is 0 Å². The summed E-state index contributed by atoms with van der Waals surface area (Å²) >= 11 is 1.43. The van der Waals surface area contributed by atoms with Crippen LogP contribution in [0, 0.1) is 13.8 Å². The Morgan fingerprint density at radius 3 is 2.52 bits per heavy atom. The molecule has 134 valence electrons. The van der Waals surface area contributed by atoms with Gasteiger partial charge in [-0.15, -0.1) is 16.4 Å². The Hall–Kier alpha value is -3.39. The van der Waals surface area contributed by atoms with Crippen molar-refractivity contribution in [3.05, 3.63) is 75.0 Å². The number of anilines is 1. The summed E-state index contributed by atoms with van der Waals surface area (Å²) < 4.78 is 1.22. The minimum Gasteiger partial charge on any atom is -0.298 e. The number of thiazole rings is 1. The number of amides is 1. The van der Waals surface area contributed by atoms with Crippen LogP contribution in [0.3, 0.4) is 0 Å². The summed E-state index contributed by atoms with van der Waals surface area (Å²) in [6.45, 7) is 3.86. The average Bonchev–Trinajstić information content (AvgIpc) is 2.99. The molecule has 0 bridgehead atoms. The monoisotopic (exact) mass is 377 g/mol. The van der Waals surface area contributed by atoms with Crippen molar-refractivity contribution in [3.63, 3.8) is 0 Å². The second-order valence-corrected chi connectivity index (χ2v) is 7.19. The van der Waals surface area contributed by atoms with Crippen LogP contribution in [0.25, 0.3) is 16.6 Å². The molecule has 2 aromatic heterocycles. The van der Waals surface area contributed by atoms with Crippen LogP contribution in [-0.2, 0) is 0 Å². The van der Waals surface area contributed by atoms with Crippen molar-refractivity contribution in [2.45, 2.75) is 13.8 Å². The van der Waals surface area contributed by atoms with Crippen LogP contribution < -0.4 is 10.9 Å². The molecule has 2 heterocycles. The normalized spacial score (nSPS) is 10.9. The molecule has 0 atom stereocenters. The van der Waals surface area contributed by atoms with Gasteiger partial charge in [0, 0.05) is 10.4 Å². The second-order valence-electron chi connectivity index (χ2n) is 5.99. The first-order valence-corrected chi connectivity index (χ1v) is 9.05. The molecule has 0 radical (unpaired) electrons. The van der Waals surface area contributed by atoms with Crippen LogP contribution in [0.15, 0.2) is 53.3 Å². The van der Waals surface area contributed by atoms with Crippen LogP contribution >= 0.6 is 11.3 Å². The standard InChI is InChI=1S/C19H15N5O2S/c1-11-12(2)27-19(20-11)21-17(25)13-7-9-14(10-8-13)24-18(26)15-5-3-4-6-16(15)22-23-24/h3-10H,1-2H3,(H,20,21,25). The summed E-state index contributed by atoms with van der Waals surface area (Å²) in [4.78, 5) is 30.3. The molecular weight excluding hydrogens is 362 g/mol. The molecule has 0 saturated heterocycles. The highest BCUT2D eigenvalue weighted by atomic mass is 32.1. The van der Waals surface area contributed by atoms with Crippen LogP contribution in [0.5, 0.6) is 0 Å². The van der Waals surface area contributed by atoms with Crippen LogP contribution in [0.2, 0.25) is 0 Å². The van der Waals surface area contributed by atoms with Crippen molar-refractivity contribution in [2.75, 3.05) is 5.32 Å². The molecule has 1 amide bonds. The fourth-order valence-corrected chi connectivity index (χ4v) is 3.42. The molecule has 27 heavy (non-hydrogen) atoms. The van der Waals surface area contributed by atoms with Gasteiger partial charge in [0.15, 0.2) is 5.13 Å². The Kier molecular flexibility index (Phi) is 4.25. The average molecular weight is 377 g/mol. The van der Waals surface area contributed by atoms with E-state index in [4.69, 9.17) is 0 Å². The van der Waals surface area contributed by atoms with Crippen LogP contribution in [0.4, 0.5) is 5.13 Å². The molecule has 8 heteroatoms. The van der Waals surface area contributed by atoms with E-state index in [1.165, 1.54) is 16.0 Å². The first-order chi connectivity index (χ1) is 13.0. The van der Waals surface area contributed by atoms with Crippen molar-refractivity contribution in [2.24, 2.45) is 0 Å². The van der Waals surface area contributed by atoms with Gasteiger partial charge in [0.25, 0.3) is 11.5 Å². The van der Waals surface area contributed by atoms with E-state index >= 15 is 0 Å². The van der Waals surface area contributed by atoms with Crippen molar-refractivity contribution >= 4 is 33.3 Å². The van der Waals surface area contributed by atoms with Gasteiger partial charge in [0.05, 0.1) is 16.8 Å². The Morgan fingerprint density at radius 1 is 1.07 bits per heavy atom. The predicted octanol–water partition coefficient (Wildman–Crippen LogP) is 3.11. The first-order valence-electron chi connectivity index (χ1n) is 8.23. The summed E-state index contributed by atoms with van der Waals surface area (Å²) in [7, 11) is 0. The molecule has 2 aromatic carbocycles. The minimum atomic E-state index is -0.258. The number of nitrogens with one attached hydrogen (secondary N) is 1. The van der Waals surface area contributed by atoms with Gasteiger partial charge in [0.1, 0.15) is 5.52 Å². The van der Waals surface area contributed by atoms with E-state index in [1.807, 2.05) is 13.8 Å². The highest BCUT2D eigenvalue weighted by molar-refractivity contribution is 7.15. The molecule has 0 aliphatic heterocycles. The van der Waals surface area contributed by atoms with Crippen molar-refractivity contribution in [1.82, 2.24) is 20.0 Å². The van der Waals surface area contributed by atoms with Crippen molar-refractivity contribution < 1.29 is 4.79 Å². The van der Waals surface area contributed by atoms with E-state index in [9.17, 15) is 9.59 Å². The lowest BCUT2D eigenvalue weighted by Gasteiger charge is -2.06. The molecule has 4 rings (SSSR count). The number of hydrogen-bond donors (Lipinski definition) is 1. The van der Waals surface area contributed by atoms with Gasteiger partial charge in [-0.25, -0.2) is 4.98 Å². The SMILES string of the molecule is Cc1nc(NC(=O)c2ccc(-n3nnc4ccccc4c3=O)cc2)sc1C. The molecule has 1 N–H and O–H groups in total. The lowest BCUT2D eigenvalue weighted by Crippen LogP contribution is -2.22. The molecule has 0 saturated carbocycles. The number of benzene rings is 2. The Balaban J connectivity index is 1.61. The number of carbonyl (C=O) groups excluding carboxylic acids is 1. The Labute approximate surface area is 158 Å². The fourth-order valence-electron chi connectivity index (χ4n) is 2.61. The first kappa shape index (κ1) is 17.0. The highest BCUT2D eigenvalue weighted by Crippen LogP contribution is 2.21. The number of fused-ring (bicyclic) bond motifs is 1. The zero-order valence-corrected chi connectivity index (χ0v) is 15.4. The van der Waals surface area contributed by atoms with Gasteiger partial charge < -0.3 is 0 Å². The van der Waals surface area contributed by atoms with Gasteiger partial charge in [-0.2, -0.15) is 4.68 Å². The number of carbonyl (C=O) groups is 1. The quantitative estimate of drug-likeness (QED) is 0.592. The van der Waals surface area contributed by atoms with Gasteiger partial charge in [-0.3, -0.25) is 14.9 Å². The Bertz CT molecular complexity index is 1190. The summed E-state index contributed by atoms with van der Waals surface area (Å²) in [6.07, 6.45) is 0. The number of rotatable bonds is 3. The maximum atomic E-state index is 12.6. The second kappa shape index (κ2) is 6.73. The van der Waals surface area contributed by atoms with E-state index < -0.39 is 0 Å². The van der Waals surface area contributed by atoms with E-state index in [0.717, 1.165) is 10.6 Å². The van der Waals surface area contributed by atoms with Gasteiger partial charge in [-0.1, -0.05) is 17.3 Å². The van der Waals surface area contributed by atoms with Crippen LogP contribution in [0.1, 0.15) is 20.9 Å². The number of aryl methyl sites for hydroxylation is 2. The highest BCUT2D eigenvalue weighted by Gasteiger charge is 2.12. The molecule has 4 aromatic rings. The summed E-state index contributed by atoms with van der Waals surface area (Å²) in [6, 6.07) is 13.6. The molecule has 0 aliphatic carbocycles. The minimum absolute atomic E-state index is 0.257. The fraction of sp³-hybridized carbons (Fsp3) is 0.105. The molecule has 0 fully saturated rings. The number of nitrogens with zero attached hydrogens (tertiary/aromatic N) is 4. The zero-order valence-electron chi connectivity index (χ0n) is 14.6. The summed E-state index contributed by atoms with van der Waals surface area (Å²) in [5, 5.41) is 11.9. The molecule has 7 nitrogen and oxygen atoms in total. The molecular formula is C19H15N5O2S. The van der Waals surface area contributed by atoms with E-state index in [2.05, 4.69) is 20.6 Å². The lowest BCUT2D eigenvalue weighted by atomic mass is 10.2. The maximum Gasteiger partial charge on any atom is 0.282 e. The number of aromatic nitrogens is 4. The van der Waals surface area contributed by atoms with Crippen molar-refractivity contribution in [1.29, 1.82) is 0 Å². The number of hydrogen-bond acceptors (Lipinski definition) is 6. The maximum absolute atomic E-state index is 12.6. The third-order valence-electron chi connectivity index (χ3n) is 4.19. The van der Waals surface area contributed by atoms with Gasteiger partial charge >= 0.3 is 0 Å². The Morgan fingerprint density at radius 2 is 1.81 bits per heavy atom. The third-order valence-corrected chi connectivity index (χ3v) is 5.18. The smallest absolute Gasteiger partial charge is 0.282 e. The predicted molar refractivity (Wildman–Crippen MR) is 105 cm³/mol. The summed E-state index contributed by atoms with van der Waals surface area (Å²) in [5.74, 6) is -0.257. The van der Waals surface area contributed by atoms with E-state index in [1.54, 1.807) is 48.5 Å². The molecule has 0 unspecified atom stereocenters. The van der Waals surface area contributed by atoms with Crippen molar-refractivity contribution in [3.8, 4) is 5.69 Å². The zero-order chi connectivity index (χ0) is 19.0. The third kappa shape index (κ3) is 3.22. The largest absolute Gasteiger partial charge is 0.298 e. The lowest BCUT2D eigenvalue weighted by molar-refractivity contribution is 0.102. The summed E-state index contributed by atoms with van der Waals surface area (Å²) in [5.41, 5.74) is 2.19. The molecule has 0 spiro atoms. The van der Waals surface area contributed by atoms with E-state index in [0.29, 0.717) is 27.3 Å². The van der Waals surface area contributed by atoms with Gasteiger partial charge in [-0.05, 0) is 50.2 Å².